The number of aryl methyl sites for hydroxylation is 1. The Balaban J connectivity index is 1.70. The van der Waals surface area contributed by atoms with Crippen LogP contribution in [0.5, 0.6) is 5.75 Å². The fourth-order valence-electron chi connectivity index (χ4n) is 3.70. The quantitative estimate of drug-likeness (QED) is 0.614. The molecule has 0 saturated heterocycles. The van der Waals surface area contributed by atoms with E-state index >= 15 is 0 Å². The highest BCUT2D eigenvalue weighted by atomic mass is 19.1. The van der Waals surface area contributed by atoms with Gasteiger partial charge in [0.15, 0.2) is 5.78 Å². The fraction of sp³-hybridized carbons (Fsp3) is 0.261. The number of rotatable bonds is 6. The molecule has 0 fully saturated rings. The zero-order chi connectivity index (χ0) is 21.3. The minimum absolute atomic E-state index is 0.0373. The predicted octanol–water partition coefficient (Wildman–Crippen LogP) is 4.42. The lowest BCUT2D eigenvalue weighted by atomic mass is 9.85. The molecule has 1 aromatic heterocycles. The van der Waals surface area contributed by atoms with Crippen molar-refractivity contribution >= 4 is 17.5 Å². The number of carbonyl (C=O) groups is 2. The Kier molecular flexibility index (Phi) is 5.35. The molecule has 3 aromatic rings. The summed E-state index contributed by atoms with van der Waals surface area (Å²) in [7, 11) is 0. The van der Waals surface area contributed by atoms with Crippen LogP contribution in [-0.4, -0.2) is 28.1 Å². The van der Waals surface area contributed by atoms with Crippen LogP contribution in [0.25, 0.3) is 5.69 Å². The van der Waals surface area contributed by atoms with Crippen molar-refractivity contribution in [2.24, 2.45) is 0 Å². The van der Waals surface area contributed by atoms with Gasteiger partial charge in [-0.25, -0.2) is 9.07 Å². The number of benzene rings is 2. The lowest BCUT2D eigenvalue weighted by Crippen LogP contribution is -2.28. The number of nitrogens with zero attached hydrogens (tertiary/aromatic N) is 2. The van der Waals surface area contributed by atoms with Crippen LogP contribution in [-0.2, 0) is 4.79 Å². The van der Waals surface area contributed by atoms with Crippen molar-refractivity contribution in [2.75, 3.05) is 11.9 Å². The van der Waals surface area contributed by atoms with E-state index in [9.17, 15) is 14.0 Å². The van der Waals surface area contributed by atoms with Crippen molar-refractivity contribution in [2.45, 2.75) is 32.6 Å². The Morgan fingerprint density at radius 3 is 2.73 bits per heavy atom. The first-order valence-electron chi connectivity index (χ1n) is 9.90. The summed E-state index contributed by atoms with van der Waals surface area (Å²) in [6.07, 6.45) is 0.935. The third kappa shape index (κ3) is 3.70. The van der Waals surface area contributed by atoms with Gasteiger partial charge in [-0.2, -0.15) is 5.10 Å². The molecule has 2 aromatic carbocycles. The number of aromatic nitrogens is 2. The molecule has 1 atom stereocenters. The van der Waals surface area contributed by atoms with Gasteiger partial charge in [0.1, 0.15) is 17.4 Å². The van der Waals surface area contributed by atoms with E-state index in [0.29, 0.717) is 40.7 Å². The zero-order valence-corrected chi connectivity index (χ0v) is 16.8. The monoisotopic (exact) mass is 407 g/mol. The van der Waals surface area contributed by atoms with Crippen LogP contribution in [0, 0.1) is 12.7 Å². The van der Waals surface area contributed by atoms with Crippen LogP contribution < -0.4 is 10.1 Å². The van der Waals surface area contributed by atoms with E-state index in [0.717, 1.165) is 6.42 Å². The number of Topliss-reactive ketones (excluding diaryl/α,β-unsaturated/α-hetero) is 1. The Morgan fingerprint density at radius 2 is 2.03 bits per heavy atom. The predicted molar refractivity (Wildman–Crippen MR) is 111 cm³/mol. The van der Waals surface area contributed by atoms with Gasteiger partial charge < -0.3 is 10.1 Å². The second-order valence-electron chi connectivity index (χ2n) is 7.28. The van der Waals surface area contributed by atoms with Gasteiger partial charge in [0.2, 0.25) is 5.91 Å². The molecule has 0 aliphatic carbocycles. The molecular formula is C23H22FN3O3. The van der Waals surface area contributed by atoms with Crippen molar-refractivity contribution in [3.8, 4) is 11.4 Å². The number of hydrogen-bond donors (Lipinski definition) is 1. The summed E-state index contributed by atoms with van der Waals surface area (Å²) < 4.78 is 20.8. The molecule has 6 nitrogen and oxygen atoms in total. The molecule has 154 valence electrons. The maximum Gasteiger partial charge on any atom is 0.226 e. The molecule has 0 radical (unpaired) electrons. The first kappa shape index (κ1) is 19.8. The second kappa shape index (κ2) is 8.10. The van der Waals surface area contributed by atoms with Gasteiger partial charge in [0, 0.05) is 17.5 Å². The molecule has 4 rings (SSSR count). The Hall–Kier alpha value is -3.48. The Bertz CT molecular complexity index is 1110. The van der Waals surface area contributed by atoms with Crippen molar-refractivity contribution in [1.82, 2.24) is 9.78 Å². The van der Waals surface area contributed by atoms with Gasteiger partial charge in [0.25, 0.3) is 0 Å². The van der Waals surface area contributed by atoms with Crippen molar-refractivity contribution in [3.63, 3.8) is 0 Å². The lowest BCUT2D eigenvalue weighted by Gasteiger charge is -2.23. The smallest absolute Gasteiger partial charge is 0.226 e. The number of halogens is 1. The normalized spacial score (nSPS) is 15.4. The highest BCUT2D eigenvalue weighted by molar-refractivity contribution is 6.08. The highest BCUT2D eigenvalue weighted by Gasteiger charge is 2.36. The fourth-order valence-corrected chi connectivity index (χ4v) is 3.70. The molecule has 0 spiro atoms. The molecule has 7 heteroatoms. The van der Waals surface area contributed by atoms with Crippen molar-refractivity contribution < 1.29 is 18.7 Å². The molecule has 0 bridgehead atoms. The average Bonchev–Trinajstić information content (AvgIpc) is 3.08. The third-order valence-corrected chi connectivity index (χ3v) is 5.08. The van der Waals surface area contributed by atoms with E-state index in [1.54, 1.807) is 43.3 Å². The summed E-state index contributed by atoms with van der Waals surface area (Å²) in [5, 5.41) is 7.28. The molecule has 2 heterocycles. The largest absolute Gasteiger partial charge is 0.494 e. The number of nitrogens with one attached hydrogen (secondary N) is 1. The van der Waals surface area contributed by atoms with Crippen LogP contribution >= 0.6 is 0 Å². The van der Waals surface area contributed by atoms with Crippen LogP contribution in [0.1, 0.15) is 47.3 Å². The van der Waals surface area contributed by atoms with E-state index in [1.807, 2.05) is 6.92 Å². The summed E-state index contributed by atoms with van der Waals surface area (Å²) in [5.74, 6) is -0.384. The number of amides is 1. The number of ketones is 1. The first-order chi connectivity index (χ1) is 14.5. The molecular weight excluding hydrogens is 385 g/mol. The molecule has 0 saturated carbocycles. The van der Waals surface area contributed by atoms with Gasteiger partial charge in [-0.05, 0) is 55.8 Å². The number of fused-ring (bicyclic) bond motifs is 1. The standard InChI is InChI=1S/C23H22FN3O3/c1-3-11-30-18-9-7-15(8-10-18)22(29)19-13-20(28)25-23-21(19)14(2)26-27(23)17-6-4-5-16(24)12-17/h4-10,12,19H,3,11,13H2,1-2H3,(H,25,28)/t19-/m1/s1. The maximum atomic E-state index is 13.7. The number of anilines is 1. The second-order valence-corrected chi connectivity index (χ2v) is 7.28. The molecule has 1 aliphatic heterocycles. The summed E-state index contributed by atoms with van der Waals surface area (Å²) in [6.45, 7) is 4.42. The van der Waals surface area contributed by atoms with E-state index in [2.05, 4.69) is 10.4 Å². The minimum Gasteiger partial charge on any atom is -0.494 e. The van der Waals surface area contributed by atoms with Crippen LogP contribution in [0.15, 0.2) is 48.5 Å². The van der Waals surface area contributed by atoms with E-state index in [-0.39, 0.29) is 18.1 Å². The molecule has 1 amide bonds. The topological polar surface area (TPSA) is 73.2 Å². The lowest BCUT2D eigenvalue weighted by molar-refractivity contribution is -0.116. The van der Waals surface area contributed by atoms with Crippen LogP contribution in [0.2, 0.25) is 0 Å². The SMILES string of the molecule is CCCOc1ccc(C(=O)[C@@H]2CC(=O)Nc3c2c(C)nn3-c2cccc(F)c2)cc1. The number of hydrogen-bond acceptors (Lipinski definition) is 4. The van der Waals surface area contributed by atoms with E-state index in [1.165, 1.54) is 16.8 Å². The van der Waals surface area contributed by atoms with Gasteiger partial charge in [0.05, 0.1) is 23.9 Å². The van der Waals surface area contributed by atoms with Crippen molar-refractivity contribution in [1.29, 1.82) is 0 Å². The molecule has 1 aliphatic rings. The van der Waals surface area contributed by atoms with Crippen LogP contribution in [0.3, 0.4) is 0 Å². The summed E-state index contributed by atoms with van der Waals surface area (Å²) >= 11 is 0. The maximum absolute atomic E-state index is 13.7. The molecule has 0 unspecified atom stereocenters. The summed E-state index contributed by atoms with van der Waals surface area (Å²) in [5.41, 5.74) is 2.26. The number of carbonyl (C=O) groups excluding carboxylic acids is 2. The zero-order valence-electron chi connectivity index (χ0n) is 16.8. The highest BCUT2D eigenvalue weighted by Crippen LogP contribution is 2.38. The van der Waals surface area contributed by atoms with Gasteiger partial charge in [-0.3, -0.25) is 9.59 Å². The van der Waals surface area contributed by atoms with Gasteiger partial charge in [-0.1, -0.05) is 13.0 Å². The van der Waals surface area contributed by atoms with Crippen molar-refractivity contribution in [3.05, 3.63) is 71.2 Å². The molecule has 1 N–H and O–H groups in total. The first-order valence-corrected chi connectivity index (χ1v) is 9.90. The van der Waals surface area contributed by atoms with Gasteiger partial charge in [-0.15, -0.1) is 0 Å². The van der Waals surface area contributed by atoms with Crippen LogP contribution in [0.4, 0.5) is 10.2 Å². The minimum atomic E-state index is -0.654. The molecule has 30 heavy (non-hydrogen) atoms. The third-order valence-electron chi connectivity index (χ3n) is 5.08. The summed E-state index contributed by atoms with van der Waals surface area (Å²) in [6, 6.07) is 12.9. The Labute approximate surface area is 173 Å². The average molecular weight is 407 g/mol. The van der Waals surface area contributed by atoms with E-state index in [4.69, 9.17) is 4.74 Å². The summed E-state index contributed by atoms with van der Waals surface area (Å²) in [4.78, 5) is 25.7. The Morgan fingerprint density at radius 1 is 1.27 bits per heavy atom. The van der Waals surface area contributed by atoms with E-state index < -0.39 is 11.7 Å². The number of ether oxygens (including phenoxy) is 1. The van der Waals surface area contributed by atoms with Gasteiger partial charge >= 0.3 is 0 Å².